The third kappa shape index (κ3) is 5.30. The van der Waals surface area contributed by atoms with E-state index in [1.54, 1.807) is 6.07 Å². The standard InChI is InChI=1S/C17H25F3N2O/c1-17(19,20)23-16-9-8-14(12-15(16)18)22(11-10-21-2)13-6-4-3-5-7-13/h8-9,12-13,21H,3-7,10-11H2,1-2H3. The van der Waals surface area contributed by atoms with Crippen molar-refractivity contribution in [2.75, 3.05) is 25.0 Å². The summed E-state index contributed by atoms with van der Waals surface area (Å²) in [6, 6.07) is 4.62. The van der Waals surface area contributed by atoms with Gasteiger partial charge in [0.1, 0.15) is 0 Å². The van der Waals surface area contributed by atoms with Crippen molar-refractivity contribution in [3.63, 3.8) is 0 Å². The minimum atomic E-state index is -3.39. The van der Waals surface area contributed by atoms with Gasteiger partial charge in [0, 0.05) is 37.8 Å². The van der Waals surface area contributed by atoms with E-state index in [0.29, 0.717) is 13.0 Å². The van der Waals surface area contributed by atoms with Crippen LogP contribution < -0.4 is 15.0 Å². The van der Waals surface area contributed by atoms with Gasteiger partial charge in [0.15, 0.2) is 11.6 Å². The van der Waals surface area contributed by atoms with E-state index in [-0.39, 0.29) is 0 Å². The molecule has 1 N–H and O–H groups in total. The Morgan fingerprint density at radius 2 is 1.96 bits per heavy atom. The molecule has 0 bridgehead atoms. The van der Waals surface area contributed by atoms with Crippen LogP contribution in [-0.2, 0) is 0 Å². The average Bonchev–Trinajstić information content (AvgIpc) is 2.50. The van der Waals surface area contributed by atoms with E-state index >= 15 is 0 Å². The number of alkyl halides is 2. The molecule has 23 heavy (non-hydrogen) atoms. The maximum atomic E-state index is 14.1. The number of likely N-dealkylation sites (N-methyl/N-ethyl adjacent to an activating group) is 1. The monoisotopic (exact) mass is 330 g/mol. The Bertz CT molecular complexity index is 499. The molecule has 0 spiro atoms. The summed E-state index contributed by atoms with van der Waals surface area (Å²) in [5, 5.41) is 3.10. The van der Waals surface area contributed by atoms with Crippen LogP contribution in [0.4, 0.5) is 18.9 Å². The van der Waals surface area contributed by atoms with Crippen LogP contribution in [0.3, 0.4) is 0 Å². The van der Waals surface area contributed by atoms with E-state index in [4.69, 9.17) is 0 Å². The van der Waals surface area contributed by atoms with Crippen molar-refractivity contribution in [2.45, 2.75) is 51.2 Å². The molecule has 1 aliphatic carbocycles. The molecular formula is C17H25F3N2O. The molecule has 1 aromatic carbocycles. The fourth-order valence-electron chi connectivity index (χ4n) is 3.09. The Morgan fingerprint density at radius 1 is 1.26 bits per heavy atom. The molecular weight excluding hydrogens is 305 g/mol. The molecule has 1 fully saturated rings. The summed E-state index contributed by atoms with van der Waals surface area (Å²) >= 11 is 0. The molecule has 0 atom stereocenters. The molecule has 0 amide bonds. The van der Waals surface area contributed by atoms with E-state index in [2.05, 4.69) is 15.0 Å². The fourth-order valence-corrected chi connectivity index (χ4v) is 3.09. The highest BCUT2D eigenvalue weighted by Crippen LogP contribution is 2.31. The molecule has 0 radical (unpaired) electrons. The van der Waals surface area contributed by atoms with Gasteiger partial charge in [-0.15, -0.1) is 0 Å². The minimum Gasteiger partial charge on any atom is -0.430 e. The van der Waals surface area contributed by atoms with Gasteiger partial charge in [-0.25, -0.2) is 4.39 Å². The van der Waals surface area contributed by atoms with Crippen LogP contribution in [0.5, 0.6) is 5.75 Å². The first-order valence-corrected chi connectivity index (χ1v) is 8.18. The van der Waals surface area contributed by atoms with Gasteiger partial charge in [0.2, 0.25) is 0 Å². The molecule has 1 saturated carbocycles. The number of halogens is 3. The van der Waals surface area contributed by atoms with Crippen molar-refractivity contribution >= 4 is 5.69 Å². The Labute approximate surface area is 135 Å². The SMILES string of the molecule is CNCCN(c1ccc(OC(C)(F)F)c(F)c1)C1CCCCC1. The number of hydrogen-bond acceptors (Lipinski definition) is 3. The van der Waals surface area contributed by atoms with Crippen LogP contribution in [0.1, 0.15) is 39.0 Å². The highest BCUT2D eigenvalue weighted by atomic mass is 19.3. The van der Waals surface area contributed by atoms with Gasteiger partial charge in [-0.3, -0.25) is 0 Å². The van der Waals surface area contributed by atoms with E-state index < -0.39 is 17.7 Å². The maximum Gasteiger partial charge on any atom is 0.395 e. The predicted octanol–water partition coefficient (Wildman–Crippen LogP) is 4.18. The van der Waals surface area contributed by atoms with E-state index in [1.165, 1.54) is 31.4 Å². The summed E-state index contributed by atoms with van der Waals surface area (Å²) in [4.78, 5) is 2.17. The van der Waals surface area contributed by atoms with Gasteiger partial charge in [0.25, 0.3) is 0 Å². The maximum absolute atomic E-state index is 14.1. The zero-order valence-corrected chi connectivity index (χ0v) is 13.7. The molecule has 0 aromatic heterocycles. The quantitative estimate of drug-likeness (QED) is 0.812. The number of hydrogen-bond donors (Lipinski definition) is 1. The van der Waals surface area contributed by atoms with E-state index in [9.17, 15) is 13.2 Å². The summed E-state index contributed by atoms with van der Waals surface area (Å²) in [6.07, 6.45) is 2.35. The van der Waals surface area contributed by atoms with Gasteiger partial charge in [-0.2, -0.15) is 8.78 Å². The van der Waals surface area contributed by atoms with Gasteiger partial charge in [-0.05, 0) is 32.0 Å². The Kier molecular flexibility index (Phi) is 6.16. The zero-order valence-electron chi connectivity index (χ0n) is 13.7. The molecule has 1 aliphatic rings. The first kappa shape index (κ1) is 17.9. The summed E-state index contributed by atoms with van der Waals surface area (Å²) < 4.78 is 44.3. The molecule has 6 heteroatoms. The molecule has 2 rings (SSSR count). The van der Waals surface area contributed by atoms with Crippen LogP contribution in [0.25, 0.3) is 0 Å². The number of ether oxygens (including phenoxy) is 1. The second kappa shape index (κ2) is 7.90. The highest BCUT2D eigenvalue weighted by molar-refractivity contribution is 5.51. The average molecular weight is 330 g/mol. The highest BCUT2D eigenvalue weighted by Gasteiger charge is 2.26. The minimum absolute atomic E-state index is 0.371. The predicted molar refractivity (Wildman–Crippen MR) is 85.8 cm³/mol. The normalized spacial score (nSPS) is 16.4. The van der Waals surface area contributed by atoms with E-state index in [1.807, 2.05) is 7.05 Å². The summed E-state index contributed by atoms with van der Waals surface area (Å²) in [5.41, 5.74) is 0.719. The molecule has 0 unspecified atom stereocenters. The smallest absolute Gasteiger partial charge is 0.395 e. The van der Waals surface area contributed by atoms with Crippen molar-refractivity contribution in [3.05, 3.63) is 24.0 Å². The fraction of sp³-hybridized carbons (Fsp3) is 0.647. The summed E-state index contributed by atoms with van der Waals surface area (Å²) in [7, 11) is 1.87. The Hall–Kier alpha value is -1.43. The number of anilines is 1. The van der Waals surface area contributed by atoms with Crippen molar-refractivity contribution < 1.29 is 17.9 Å². The first-order chi connectivity index (χ1) is 10.9. The second-order valence-corrected chi connectivity index (χ2v) is 6.11. The lowest BCUT2D eigenvalue weighted by molar-refractivity contribution is -0.160. The Balaban J connectivity index is 2.18. The van der Waals surface area contributed by atoms with Gasteiger partial charge in [-0.1, -0.05) is 19.3 Å². The largest absolute Gasteiger partial charge is 0.430 e. The van der Waals surface area contributed by atoms with Crippen molar-refractivity contribution in [3.8, 4) is 5.75 Å². The topological polar surface area (TPSA) is 24.5 Å². The summed E-state index contributed by atoms with van der Waals surface area (Å²) in [6.45, 7) is 2.13. The lowest BCUT2D eigenvalue weighted by atomic mass is 9.93. The first-order valence-electron chi connectivity index (χ1n) is 8.18. The molecule has 3 nitrogen and oxygen atoms in total. The van der Waals surface area contributed by atoms with Crippen LogP contribution >= 0.6 is 0 Å². The lowest BCUT2D eigenvalue weighted by Crippen LogP contribution is -2.40. The molecule has 0 aliphatic heterocycles. The van der Waals surface area contributed by atoms with Crippen molar-refractivity contribution in [1.82, 2.24) is 5.32 Å². The van der Waals surface area contributed by atoms with Gasteiger partial charge in [0.05, 0.1) is 0 Å². The third-order valence-electron chi connectivity index (χ3n) is 4.15. The second-order valence-electron chi connectivity index (χ2n) is 6.11. The lowest BCUT2D eigenvalue weighted by Gasteiger charge is -2.36. The Morgan fingerprint density at radius 3 is 2.52 bits per heavy atom. The summed E-state index contributed by atoms with van der Waals surface area (Å²) in [5.74, 6) is -1.17. The van der Waals surface area contributed by atoms with Crippen LogP contribution in [0.2, 0.25) is 0 Å². The number of nitrogens with one attached hydrogen (secondary N) is 1. The number of nitrogens with zero attached hydrogens (tertiary/aromatic N) is 1. The van der Waals surface area contributed by atoms with Crippen LogP contribution in [-0.4, -0.2) is 32.3 Å². The van der Waals surface area contributed by atoms with Crippen molar-refractivity contribution in [1.29, 1.82) is 0 Å². The molecule has 1 aromatic rings. The van der Waals surface area contributed by atoms with Crippen LogP contribution in [0.15, 0.2) is 18.2 Å². The van der Waals surface area contributed by atoms with Crippen molar-refractivity contribution in [2.24, 2.45) is 0 Å². The number of benzene rings is 1. The van der Waals surface area contributed by atoms with E-state index in [0.717, 1.165) is 31.6 Å². The van der Waals surface area contributed by atoms with Crippen LogP contribution in [0, 0.1) is 5.82 Å². The molecule has 0 saturated heterocycles. The van der Waals surface area contributed by atoms with Gasteiger partial charge < -0.3 is 15.0 Å². The zero-order chi connectivity index (χ0) is 16.9. The molecule has 0 heterocycles. The molecule has 130 valence electrons. The van der Waals surface area contributed by atoms with Gasteiger partial charge >= 0.3 is 6.11 Å². The number of rotatable bonds is 7. The third-order valence-corrected chi connectivity index (χ3v) is 4.15.